The zero-order chi connectivity index (χ0) is 19.0. The second-order valence-electron chi connectivity index (χ2n) is 7.92. The number of hydrogen-bond acceptors (Lipinski definition) is 5. The van der Waals surface area contributed by atoms with E-state index in [1.165, 1.54) is 5.56 Å². The van der Waals surface area contributed by atoms with E-state index in [9.17, 15) is 4.79 Å². The summed E-state index contributed by atoms with van der Waals surface area (Å²) in [7, 11) is 0. The van der Waals surface area contributed by atoms with Crippen molar-refractivity contribution in [3.63, 3.8) is 0 Å². The standard InChI is InChI=1S/C21H25N3O3/c1-14-17(11-22-15(2)23-14)20(25)24-8-4-7-21(3,12-24)10-16-5-6-18-19(9-16)27-13-26-18/h5-6,9,11H,4,7-8,10,12-13H2,1-3H3/t21-/m0/s1. The fourth-order valence-electron chi connectivity index (χ4n) is 4.14. The van der Waals surface area contributed by atoms with Crippen LogP contribution in [0, 0.1) is 19.3 Å². The predicted molar refractivity (Wildman–Crippen MR) is 101 cm³/mol. The molecule has 2 aliphatic heterocycles. The Morgan fingerprint density at radius 1 is 1.26 bits per heavy atom. The normalized spacial score (nSPS) is 21.4. The van der Waals surface area contributed by atoms with E-state index in [0.29, 0.717) is 11.4 Å². The number of carbonyl (C=O) groups excluding carboxylic acids is 1. The Balaban J connectivity index is 1.50. The van der Waals surface area contributed by atoms with Crippen molar-refractivity contribution in [3.8, 4) is 11.5 Å². The summed E-state index contributed by atoms with van der Waals surface area (Å²) in [6.07, 6.45) is 4.65. The summed E-state index contributed by atoms with van der Waals surface area (Å²) >= 11 is 0. The summed E-state index contributed by atoms with van der Waals surface area (Å²) < 4.78 is 10.9. The van der Waals surface area contributed by atoms with Gasteiger partial charge in [-0.1, -0.05) is 13.0 Å². The lowest BCUT2D eigenvalue weighted by Gasteiger charge is -2.41. The minimum Gasteiger partial charge on any atom is -0.454 e. The second kappa shape index (κ2) is 6.83. The van der Waals surface area contributed by atoms with Crippen molar-refractivity contribution in [1.82, 2.24) is 14.9 Å². The van der Waals surface area contributed by atoms with Gasteiger partial charge in [-0.3, -0.25) is 4.79 Å². The first kappa shape index (κ1) is 17.8. The molecule has 0 aliphatic carbocycles. The monoisotopic (exact) mass is 367 g/mol. The van der Waals surface area contributed by atoms with E-state index < -0.39 is 0 Å². The number of ether oxygens (including phenoxy) is 2. The average Bonchev–Trinajstić information content (AvgIpc) is 3.08. The number of aromatic nitrogens is 2. The fraction of sp³-hybridized carbons (Fsp3) is 0.476. The Hall–Kier alpha value is -2.63. The predicted octanol–water partition coefficient (Wildman–Crippen LogP) is 3.31. The summed E-state index contributed by atoms with van der Waals surface area (Å²) in [4.78, 5) is 23.5. The smallest absolute Gasteiger partial charge is 0.257 e. The minimum atomic E-state index is 0.0288. The molecular weight excluding hydrogens is 342 g/mol. The first-order chi connectivity index (χ1) is 12.9. The highest BCUT2D eigenvalue weighted by Crippen LogP contribution is 2.37. The van der Waals surface area contributed by atoms with E-state index in [2.05, 4.69) is 29.0 Å². The maximum atomic E-state index is 13.0. The van der Waals surface area contributed by atoms with E-state index in [4.69, 9.17) is 9.47 Å². The van der Waals surface area contributed by atoms with Gasteiger partial charge in [0.1, 0.15) is 5.82 Å². The SMILES string of the molecule is Cc1ncc(C(=O)N2CCC[C@@](C)(Cc3ccc4c(c3)OCO4)C2)c(C)n1. The molecule has 27 heavy (non-hydrogen) atoms. The molecule has 4 rings (SSSR count). The highest BCUT2D eigenvalue weighted by molar-refractivity contribution is 5.95. The third-order valence-electron chi connectivity index (χ3n) is 5.47. The first-order valence-corrected chi connectivity index (χ1v) is 9.42. The Kier molecular flexibility index (Phi) is 4.50. The van der Waals surface area contributed by atoms with Crippen LogP contribution in [0.1, 0.15) is 47.2 Å². The number of benzene rings is 1. The van der Waals surface area contributed by atoms with Crippen LogP contribution in [0.3, 0.4) is 0 Å². The van der Waals surface area contributed by atoms with E-state index in [0.717, 1.165) is 49.5 Å². The summed E-state index contributed by atoms with van der Waals surface area (Å²) in [6.45, 7) is 7.77. The highest BCUT2D eigenvalue weighted by Gasteiger charge is 2.34. The van der Waals surface area contributed by atoms with Crippen molar-refractivity contribution in [2.75, 3.05) is 19.9 Å². The van der Waals surface area contributed by atoms with Crippen LogP contribution in [-0.2, 0) is 6.42 Å². The van der Waals surface area contributed by atoms with E-state index >= 15 is 0 Å². The maximum absolute atomic E-state index is 13.0. The first-order valence-electron chi connectivity index (χ1n) is 9.42. The van der Waals surface area contributed by atoms with Gasteiger partial charge in [0.15, 0.2) is 11.5 Å². The van der Waals surface area contributed by atoms with Gasteiger partial charge < -0.3 is 14.4 Å². The van der Waals surface area contributed by atoms with Gasteiger partial charge in [-0.15, -0.1) is 0 Å². The molecule has 6 nitrogen and oxygen atoms in total. The summed E-state index contributed by atoms with van der Waals surface area (Å²) in [5, 5.41) is 0. The Morgan fingerprint density at radius 3 is 2.89 bits per heavy atom. The van der Waals surface area contributed by atoms with Crippen molar-refractivity contribution in [2.45, 2.75) is 40.0 Å². The van der Waals surface area contributed by atoms with Gasteiger partial charge in [0.2, 0.25) is 6.79 Å². The van der Waals surface area contributed by atoms with Crippen LogP contribution in [-0.4, -0.2) is 40.7 Å². The van der Waals surface area contributed by atoms with Crippen LogP contribution >= 0.6 is 0 Å². The molecule has 0 N–H and O–H groups in total. The number of amides is 1. The number of carbonyl (C=O) groups is 1. The van der Waals surface area contributed by atoms with Gasteiger partial charge in [-0.25, -0.2) is 9.97 Å². The Morgan fingerprint density at radius 2 is 2.07 bits per heavy atom. The summed E-state index contributed by atoms with van der Waals surface area (Å²) in [6, 6.07) is 6.13. The molecule has 0 unspecified atom stereocenters. The van der Waals surface area contributed by atoms with Crippen molar-refractivity contribution >= 4 is 5.91 Å². The van der Waals surface area contributed by atoms with Crippen molar-refractivity contribution in [1.29, 1.82) is 0 Å². The number of rotatable bonds is 3. The maximum Gasteiger partial charge on any atom is 0.257 e. The zero-order valence-electron chi connectivity index (χ0n) is 16.1. The fourth-order valence-corrected chi connectivity index (χ4v) is 4.14. The Bertz CT molecular complexity index is 883. The van der Waals surface area contributed by atoms with Crippen LogP contribution < -0.4 is 9.47 Å². The van der Waals surface area contributed by atoms with E-state index in [-0.39, 0.29) is 18.1 Å². The highest BCUT2D eigenvalue weighted by atomic mass is 16.7. The van der Waals surface area contributed by atoms with Crippen molar-refractivity contribution in [2.24, 2.45) is 5.41 Å². The lowest BCUT2D eigenvalue weighted by atomic mass is 9.76. The molecule has 1 saturated heterocycles. The van der Waals surface area contributed by atoms with E-state index in [1.54, 1.807) is 6.20 Å². The van der Waals surface area contributed by atoms with Crippen LogP contribution in [0.25, 0.3) is 0 Å². The van der Waals surface area contributed by atoms with Gasteiger partial charge in [0.25, 0.3) is 5.91 Å². The number of fused-ring (bicyclic) bond motifs is 1. The lowest BCUT2D eigenvalue weighted by molar-refractivity contribution is 0.0549. The molecule has 1 aromatic carbocycles. The number of nitrogens with zero attached hydrogens (tertiary/aromatic N) is 3. The molecule has 0 spiro atoms. The Labute approximate surface area is 159 Å². The third kappa shape index (κ3) is 3.61. The molecule has 1 fully saturated rings. The zero-order valence-corrected chi connectivity index (χ0v) is 16.1. The lowest BCUT2D eigenvalue weighted by Crippen LogP contribution is -2.46. The molecule has 2 aromatic rings. The molecule has 2 aliphatic rings. The summed E-state index contributed by atoms with van der Waals surface area (Å²) in [5.41, 5.74) is 2.59. The number of aryl methyl sites for hydroxylation is 2. The van der Waals surface area contributed by atoms with Crippen molar-refractivity contribution in [3.05, 3.63) is 47.0 Å². The molecule has 1 aromatic heterocycles. The van der Waals surface area contributed by atoms with Crippen LogP contribution in [0.5, 0.6) is 11.5 Å². The molecule has 0 saturated carbocycles. The largest absolute Gasteiger partial charge is 0.454 e. The van der Waals surface area contributed by atoms with Gasteiger partial charge in [0.05, 0.1) is 11.3 Å². The number of hydrogen-bond donors (Lipinski definition) is 0. The molecule has 0 bridgehead atoms. The molecule has 3 heterocycles. The van der Waals surface area contributed by atoms with Crippen LogP contribution in [0.2, 0.25) is 0 Å². The molecule has 1 amide bonds. The molecule has 0 radical (unpaired) electrons. The van der Waals surface area contributed by atoms with Gasteiger partial charge >= 0.3 is 0 Å². The summed E-state index contributed by atoms with van der Waals surface area (Å²) in [5.74, 6) is 2.34. The van der Waals surface area contributed by atoms with Crippen LogP contribution in [0.4, 0.5) is 0 Å². The quantitative estimate of drug-likeness (QED) is 0.833. The number of piperidine rings is 1. The van der Waals surface area contributed by atoms with E-state index in [1.807, 2.05) is 24.8 Å². The van der Waals surface area contributed by atoms with Crippen molar-refractivity contribution < 1.29 is 14.3 Å². The third-order valence-corrected chi connectivity index (χ3v) is 5.47. The molecule has 142 valence electrons. The second-order valence-corrected chi connectivity index (χ2v) is 7.92. The average molecular weight is 367 g/mol. The molecule has 6 heteroatoms. The molecule has 1 atom stereocenters. The molecular formula is C21H25N3O3. The minimum absolute atomic E-state index is 0.0288. The van der Waals surface area contributed by atoms with Gasteiger partial charge in [0, 0.05) is 19.3 Å². The van der Waals surface area contributed by atoms with Gasteiger partial charge in [-0.2, -0.15) is 0 Å². The number of likely N-dealkylation sites (tertiary alicyclic amines) is 1. The van der Waals surface area contributed by atoms with Crippen LogP contribution in [0.15, 0.2) is 24.4 Å². The topological polar surface area (TPSA) is 64.6 Å². The van der Waals surface area contributed by atoms with Gasteiger partial charge in [-0.05, 0) is 56.2 Å².